The first-order chi connectivity index (χ1) is 8.06. The van der Waals surface area contributed by atoms with Crippen molar-refractivity contribution in [3.63, 3.8) is 0 Å². The Morgan fingerprint density at radius 2 is 2.12 bits per heavy atom. The minimum absolute atomic E-state index is 0.275. The summed E-state index contributed by atoms with van der Waals surface area (Å²) in [6, 6.07) is 4.81. The number of nitrogens with two attached hydrogens (primary N) is 1. The molecule has 0 aliphatic carbocycles. The Morgan fingerprint density at radius 1 is 1.41 bits per heavy atom. The number of nitrogens with zero attached hydrogens (tertiary/aromatic N) is 1. The number of aromatic carboxylic acids is 1. The number of unbranched alkanes of at least 4 members (excludes halogenated alkanes) is 2. The zero-order chi connectivity index (χ0) is 12.8. The van der Waals surface area contributed by atoms with Gasteiger partial charge in [0.15, 0.2) is 0 Å². The largest absolute Gasteiger partial charge is 0.478 e. The first kappa shape index (κ1) is 13.4. The van der Waals surface area contributed by atoms with E-state index in [0.717, 1.165) is 18.7 Å². The molecule has 0 radical (unpaired) electrons. The SMILES string of the molecule is CCCCCN(C)c1cc(C(=O)O)ccc1N. The third kappa shape index (κ3) is 3.66. The van der Waals surface area contributed by atoms with Gasteiger partial charge in [0.1, 0.15) is 0 Å². The Labute approximate surface area is 102 Å². The standard InChI is InChI=1S/C13H20N2O2/c1-3-4-5-8-15(2)12-9-10(13(16)17)6-7-11(12)14/h6-7,9H,3-5,8,14H2,1-2H3,(H,16,17). The zero-order valence-corrected chi connectivity index (χ0v) is 10.4. The lowest BCUT2D eigenvalue weighted by Crippen LogP contribution is -2.20. The quantitative estimate of drug-likeness (QED) is 0.588. The number of hydrogen-bond acceptors (Lipinski definition) is 3. The average molecular weight is 236 g/mol. The van der Waals surface area contributed by atoms with E-state index in [2.05, 4.69) is 6.92 Å². The summed E-state index contributed by atoms with van der Waals surface area (Å²) in [7, 11) is 1.94. The molecular formula is C13H20N2O2. The second-order valence-electron chi connectivity index (χ2n) is 4.21. The third-order valence-corrected chi connectivity index (χ3v) is 2.79. The molecule has 4 nitrogen and oxygen atoms in total. The number of rotatable bonds is 6. The van der Waals surface area contributed by atoms with Crippen LogP contribution in [0.1, 0.15) is 36.5 Å². The summed E-state index contributed by atoms with van der Waals surface area (Å²) < 4.78 is 0. The molecule has 0 heterocycles. The van der Waals surface area contributed by atoms with Crippen LogP contribution in [0.4, 0.5) is 11.4 Å². The van der Waals surface area contributed by atoms with Gasteiger partial charge in [0.25, 0.3) is 0 Å². The van der Waals surface area contributed by atoms with Crippen LogP contribution in [-0.4, -0.2) is 24.7 Å². The second kappa shape index (κ2) is 6.13. The molecule has 0 atom stereocenters. The minimum atomic E-state index is -0.923. The summed E-state index contributed by atoms with van der Waals surface area (Å²) in [6.45, 7) is 3.04. The van der Waals surface area contributed by atoms with Crippen LogP contribution in [0.25, 0.3) is 0 Å². The van der Waals surface area contributed by atoms with Gasteiger partial charge in [-0.1, -0.05) is 19.8 Å². The molecule has 17 heavy (non-hydrogen) atoms. The fourth-order valence-electron chi connectivity index (χ4n) is 1.73. The number of carbonyl (C=O) groups is 1. The van der Waals surface area contributed by atoms with Crippen molar-refractivity contribution in [1.82, 2.24) is 0 Å². The van der Waals surface area contributed by atoms with E-state index < -0.39 is 5.97 Å². The van der Waals surface area contributed by atoms with Gasteiger partial charge in [-0.05, 0) is 24.6 Å². The fourth-order valence-corrected chi connectivity index (χ4v) is 1.73. The van der Waals surface area contributed by atoms with Gasteiger partial charge < -0.3 is 15.7 Å². The summed E-state index contributed by atoms with van der Waals surface area (Å²) in [5.74, 6) is -0.923. The number of anilines is 2. The summed E-state index contributed by atoms with van der Waals surface area (Å²) in [6.07, 6.45) is 3.42. The van der Waals surface area contributed by atoms with E-state index in [0.29, 0.717) is 5.69 Å². The molecule has 94 valence electrons. The minimum Gasteiger partial charge on any atom is -0.478 e. The Bertz CT molecular complexity index is 391. The van der Waals surface area contributed by atoms with Crippen LogP contribution in [0.2, 0.25) is 0 Å². The van der Waals surface area contributed by atoms with Crippen molar-refractivity contribution in [1.29, 1.82) is 0 Å². The molecule has 4 heteroatoms. The monoisotopic (exact) mass is 236 g/mol. The van der Waals surface area contributed by atoms with E-state index in [1.807, 2.05) is 11.9 Å². The summed E-state index contributed by atoms with van der Waals surface area (Å²) in [4.78, 5) is 12.9. The molecule has 1 aromatic rings. The van der Waals surface area contributed by atoms with Crippen molar-refractivity contribution in [2.45, 2.75) is 26.2 Å². The average Bonchev–Trinajstić information content (AvgIpc) is 2.29. The van der Waals surface area contributed by atoms with Gasteiger partial charge in [0, 0.05) is 13.6 Å². The molecule has 1 rings (SSSR count). The molecule has 0 bridgehead atoms. The molecule has 0 fully saturated rings. The molecule has 0 aliphatic rings. The Hall–Kier alpha value is -1.71. The van der Waals surface area contributed by atoms with Crippen molar-refractivity contribution >= 4 is 17.3 Å². The van der Waals surface area contributed by atoms with Gasteiger partial charge in [-0.2, -0.15) is 0 Å². The molecule has 0 aromatic heterocycles. The van der Waals surface area contributed by atoms with Crippen LogP contribution in [-0.2, 0) is 0 Å². The maximum absolute atomic E-state index is 10.9. The van der Waals surface area contributed by atoms with Crippen molar-refractivity contribution < 1.29 is 9.90 Å². The highest BCUT2D eigenvalue weighted by Crippen LogP contribution is 2.24. The van der Waals surface area contributed by atoms with Gasteiger partial charge in [-0.25, -0.2) is 4.79 Å². The highest BCUT2D eigenvalue weighted by Gasteiger charge is 2.09. The Kier molecular flexibility index (Phi) is 4.82. The van der Waals surface area contributed by atoms with Gasteiger partial charge >= 0.3 is 5.97 Å². The number of hydrogen-bond donors (Lipinski definition) is 2. The van der Waals surface area contributed by atoms with Gasteiger partial charge in [-0.15, -0.1) is 0 Å². The second-order valence-corrected chi connectivity index (χ2v) is 4.21. The smallest absolute Gasteiger partial charge is 0.335 e. The molecule has 1 aromatic carbocycles. The lowest BCUT2D eigenvalue weighted by atomic mass is 10.1. The van der Waals surface area contributed by atoms with E-state index in [4.69, 9.17) is 10.8 Å². The molecule has 0 aliphatic heterocycles. The first-order valence-corrected chi connectivity index (χ1v) is 5.90. The predicted octanol–water partition coefficient (Wildman–Crippen LogP) is 2.59. The maximum atomic E-state index is 10.9. The highest BCUT2D eigenvalue weighted by atomic mass is 16.4. The Balaban J connectivity index is 2.80. The topological polar surface area (TPSA) is 66.6 Å². The van der Waals surface area contributed by atoms with E-state index in [-0.39, 0.29) is 5.56 Å². The van der Waals surface area contributed by atoms with Crippen LogP contribution in [0.15, 0.2) is 18.2 Å². The van der Waals surface area contributed by atoms with E-state index in [1.54, 1.807) is 12.1 Å². The molecule has 0 saturated carbocycles. The van der Waals surface area contributed by atoms with Crippen LogP contribution in [0.3, 0.4) is 0 Å². The third-order valence-electron chi connectivity index (χ3n) is 2.79. The summed E-state index contributed by atoms with van der Waals surface area (Å²) >= 11 is 0. The predicted molar refractivity (Wildman–Crippen MR) is 70.6 cm³/mol. The van der Waals surface area contributed by atoms with Crippen LogP contribution < -0.4 is 10.6 Å². The summed E-state index contributed by atoms with van der Waals surface area (Å²) in [5.41, 5.74) is 7.55. The molecular weight excluding hydrogens is 216 g/mol. The molecule has 0 spiro atoms. The van der Waals surface area contributed by atoms with Crippen molar-refractivity contribution in [2.24, 2.45) is 0 Å². The molecule has 3 N–H and O–H groups in total. The van der Waals surface area contributed by atoms with Crippen LogP contribution in [0.5, 0.6) is 0 Å². The number of nitrogen functional groups attached to an aromatic ring is 1. The lowest BCUT2D eigenvalue weighted by molar-refractivity contribution is 0.0697. The number of benzene rings is 1. The normalized spacial score (nSPS) is 10.2. The lowest BCUT2D eigenvalue weighted by Gasteiger charge is -2.21. The Morgan fingerprint density at radius 3 is 2.71 bits per heavy atom. The van der Waals surface area contributed by atoms with Crippen molar-refractivity contribution in [2.75, 3.05) is 24.2 Å². The van der Waals surface area contributed by atoms with Gasteiger partial charge in [-0.3, -0.25) is 0 Å². The van der Waals surface area contributed by atoms with Crippen molar-refractivity contribution in [3.05, 3.63) is 23.8 Å². The number of carboxylic acid groups (broad SMARTS) is 1. The van der Waals surface area contributed by atoms with E-state index in [9.17, 15) is 4.79 Å². The highest BCUT2D eigenvalue weighted by molar-refractivity contribution is 5.90. The summed E-state index contributed by atoms with van der Waals surface area (Å²) in [5, 5.41) is 8.94. The van der Waals surface area contributed by atoms with Crippen molar-refractivity contribution in [3.8, 4) is 0 Å². The molecule has 0 saturated heterocycles. The van der Waals surface area contributed by atoms with Crippen LogP contribution >= 0.6 is 0 Å². The van der Waals surface area contributed by atoms with E-state index in [1.165, 1.54) is 18.9 Å². The van der Waals surface area contributed by atoms with Gasteiger partial charge in [0.05, 0.1) is 16.9 Å². The number of carboxylic acids is 1. The molecule has 0 amide bonds. The van der Waals surface area contributed by atoms with E-state index >= 15 is 0 Å². The fraction of sp³-hybridized carbons (Fsp3) is 0.462. The molecule has 0 unspecified atom stereocenters. The first-order valence-electron chi connectivity index (χ1n) is 5.90. The maximum Gasteiger partial charge on any atom is 0.335 e. The zero-order valence-electron chi connectivity index (χ0n) is 10.4. The van der Waals surface area contributed by atoms with Gasteiger partial charge in [0.2, 0.25) is 0 Å². The van der Waals surface area contributed by atoms with Crippen LogP contribution in [0, 0.1) is 0 Å².